The van der Waals surface area contributed by atoms with E-state index in [0.29, 0.717) is 28.5 Å². The van der Waals surface area contributed by atoms with Crippen molar-refractivity contribution in [2.75, 3.05) is 6.79 Å². The molecule has 0 radical (unpaired) electrons. The maximum Gasteiger partial charge on any atom is 0.338 e. The molecule has 1 aliphatic heterocycles. The summed E-state index contributed by atoms with van der Waals surface area (Å²) in [5.41, 5.74) is 2.70. The van der Waals surface area contributed by atoms with Crippen molar-refractivity contribution in [1.82, 2.24) is 20.2 Å². The first-order valence-electron chi connectivity index (χ1n) is 7.73. The van der Waals surface area contributed by atoms with Gasteiger partial charge in [-0.2, -0.15) is 0 Å². The van der Waals surface area contributed by atoms with Crippen LogP contribution < -0.4 is 4.74 Å². The molecule has 0 saturated heterocycles. The van der Waals surface area contributed by atoms with Crippen LogP contribution in [0.4, 0.5) is 0 Å². The second-order valence-electron chi connectivity index (χ2n) is 5.54. The summed E-state index contributed by atoms with van der Waals surface area (Å²) in [4.78, 5) is 12.3. The van der Waals surface area contributed by atoms with Gasteiger partial charge in [-0.05, 0) is 46.8 Å². The van der Waals surface area contributed by atoms with E-state index in [0.717, 1.165) is 11.3 Å². The van der Waals surface area contributed by atoms with E-state index < -0.39 is 5.97 Å². The monoisotopic (exact) mass is 372 g/mol. The zero-order chi connectivity index (χ0) is 17.9. The van der Waals surface area contributed by atoms with Crippen LogP contribution in [0.25, 0.3) is 5.69 Å². The number of hydrogen-bond donors (Lipinski definition) is 0. The number of tetrazole rings is 1. The molecule has 0 N–H and O–H groups in total. The van der Waals surface area contributed by atoms with Crippen molar-refractivity contribution < 1.29 is 19.0 Å². The second kappa shape index (κ2) is 7.11. The van der Waals surface area contributed by atoms with Gasteiger partial charge in [-0.3, -0.25) is 0 Å². The molecule has 0 aliphatic carbocycles. The number of carbonyl (C=O) groups excluding carboxylic acids is 1. The highest BCUT2D eigenvalue weighted by atomic mass is 35.5. The zero-order valence-electron chi connectivity index (χ0n) is 13.5. The van der Waals surface area contributed by atoms with E-state index in [2.05, 4.69) is 15.5 Å². The molecule has 8 nitrogen and oxygen atoms in total. The Balaban J connectivity index is 1.47. The second-order valence-corrected chi connectivity index (χ2v) is 5.98. The lowest BCUT2D eigenvalue weighted by Crippen LogP contribution is -2.14. The summed E-state index contributed by atoms with van der Waals surface area (Å²) < 4.78 is 17.6. The Morgan fingerprint density at radius 3 is 2.88 bits per heavy atom. The minimum atomic E-state index is -0.450. The van der Waals surface area contributed by atoms with Crippen molar-refractivity contribution >= 4 is 17.6 Å². The van der Waals surface area contributed by atoms with Gasteiger partial charge >= 0.3 is 5.97 Å². The number of fused-ring (bicyclic) bond motifs is 1. The Labute approximate surface area is 153 Å². The molecule has 26 heavy (non-hydrogen) atoms. The predicted octanol–water partition coefficient (Wildman–Crippen LogP) is 2.54. The third kappa shape index (κ3) is 3.37. The van der Waals surface area contributed by atoms with Gasteiger partial charge < -0.3 is 14.2 Å². The van der Waals surface area contributed by atoms with Crippen LogP contribution in [-0.2, 0) is 22.7 Å². The standard InChI is InChI=1S/C17H13ClN4O4/c18-14-5-12-7-24-10-26-16(12)13(6-14)8-25-17(23)11-1-3-15(4-2-11)22-9-19-20-21-22/h1-6,9H,7-8,10H2. The number of aromatic nitrogens is 4. The molecule has 3 aromatic rings. The van der Waals surface area contributed by atoms with E-state index in [4.69, 9.17) is 25.8 Å². The third-order valence-electron chi connectivity index (χ3n) is 3.83. The molecule has 1 aromatic heterocycles. The summed E-state index contributed by atoms with van der Waals surface area (Å²) in [7, 11) is 0. The fourth-order valence-corrected chi connectivity index (χ4v) is 2.88. The largest absolute Gasteiger partial charge is 0.467 e. The minimum Gasteiger partial charge on any atom is -0.467 e. The number of carbonyl (C=O) groups is 1. The van der Waals surface area contributed by atoms with Gasteiger partial charge in [0.2, 0.25) is 0 Å². The van der Waals surface area contributed by atoms with Crippen molar-refractivity contribution in [3.63, 3.8) is 0 Å². The summed E-state index contributed by atoms with van der Waals surface area (Å²) >= 11 is 6.11. The average molecular weight is 373 g/mol. The fraction of sp³-hybridized carbons (Fsp3) is 0.176. The van der Waals surface area contributed by atoms with Crippen LogP contribution in [0.2, 0.25) is 5.02 Å². The number of hydrogen-bond acceptors (Lipinski definition) is 7. The lowest BCUT2D eigenvalue weighted by Gasteiger charge is -2.21. The van der Waals surface area contributed by atoms with Gasteiger partial charge in [-0.1, -0.05) is 11.6 Å². The topological polar surface area (TPSA) is 88.4 Å². The first-order valence-corrected chi connectivity index (χ1v) is 8.11. The van der Waals surface area contributed by atoms with Crippen molar-refractivity contribution in [1.29, 1.82) is 0 Å². The highest BCUT2D eigenvalue weighted by Gasteiger charge is 2.18. The Bertz CT molecular complexity index is 929. The van der Waals surface area contributed by atoms with Gasteiger partial charge in [0.25, 0.3) is 0 Å². The van der Waals surface area contributed by atoms with Crippen LogP contribution in [0.3, 0.4) is 0 Å². The number of nitrogens with zero attached hydrogens (tertiary/aromatic N) is 4. The van der Waals surface area contributed by atoms with Crippen LogP contribution >= 0.6 is 11.6 Å². The molecular formula is C17H13ClN4O4. The van der Waals surface area contributed by atoms with Crippen LogP contribution in [0.5, 0.6) is 5.75 Å². The third-order valence-corrected chi connectivity index (χ3v) is 4.05. The fourth-order valence-electron chi connectivity index (χ4n) is 2.62. The van der Waals surface area contributed by atoms with E-state index in [-0.39, 0.29) is 13.4 Å². The average Bonchev–Trinajstić information content (AvgIpc) is 3.20. The number of benzene rings is 2. The van der Waals surface area contributed by atoms with Crippen LogP contribution in [0.15, 0.2) is 42.7 Å². The van der Waals surface area contributed by atoms with Crippen LogP contribution in [0, 0.1) is 0 Å². The highest BCUT2D eigenvalue weighted by molar-refractivity contribution is 6.30. The number of halogens is 1. The van der Waals surface area contributed by atoms with E-state index in [1.807, 2.05) is 0 Å². The molecule has 0 saturated carbocycles. The quantitative estimate of drug-likeness (QED) is 0.650. The summed E-state index contributed by atoms with van der Waals surface area (Å²) in [5.74, 6) is 0.205. The summed E-state index contributed by atoms with van der Waals surface area (Å²) in [6.07, 6.45) is 1.47. The summed E-state index contributed by atoms with van der Waals surface area (Å²) in [6, 6.07) is 10.3. The van der Waals surface area contributed by atoms with Gasteiger partial charge in [0, 0.05) is 16.1 Å². The Morgan fingerprint density at radius 1 is 1.27 bits per heavy atom. The lowest BCUT2D eigenvalue weighted by atomic mass is 10.1. The normalized spacial score (nSPS) is 13.0. The van der Waals surface area contributed by atoms with Crippen molar-refractivity contribution in [3.05, 3.63) is 64.4 Å². The molecule has 132 valence electrons. The Morgan fingerprint density at radius 2 is 2.12 bits per heavy atom. The summed E-state index contributed by atoms with van der Waals surface area (Å²) in [5, 5.41) is 11.5. The summed E-state index contributed by atoms with van der Waals surface area (Å²) in [6.45, 7) is 0.625. The molecule has 0 bridgehead atoms. The molecule has 9 heteroatoms. The van der Waals surface area contributed by atoms with Crippen LogP contribution in [0.1, 0.15) is 21.5 Å². The molecule has 0 unspecified atom stereocenters. The Hall–Kier alpha value is -2.97. The van der Waals surface area contributed by atoms with E-state index >= 15 is 0 Å². The molecule has 0 fully saturated rings. The maximum atomic E-state index is 12.3. The van der Waals surface area contributed by atoms with E-state index in [1.54, 1.807) is 36.4 Å². The number of rotatable bonds is 4. The lowest BCUT2D eigenvalue weighted by molar-refractivity contribution is -0.0180. The van der Waals surface area contributed by atoms with Crippen molar-refractivity contribution in [3.8, 4) is 11.4 Å². The van der Waals surface area contributed by atoms with Gasteiger partial charge in [-0.15, -0.1) is 5.10 Å². The predicted molar refractivity (Wildman–Crippen MR) is 90.0 cm³/mol. The molecule has 2 aromatic carbocycles. The van der Waals surface area contributed by atoms with Crippen molar-refractivity contribution in [2.24, 2.45) is 0 Å². The number of esters is 1. The molecule has 0 spiro atoms. The van der Waals surface area contributed by atoms with E-state index in [1.165, 1.54) is 11.0 Å². The Kier molecular flexibility index (Phi) is 4.51. The van der Waals surface area contributed by atoms with E-state index in [9.17, 15) is 4.79 Å². The molecule has 4 rings (SSSR count). The van der Waals surface area contributed by atoms with Gasteiger partial charge in [0.1, 0.15) is 18.7 Å². The molecular weight excluding hydrogens is 360 g/mol. The minimum absolute atomic E-state index is 0.0521. The number of ether oxygens (including phenoxy) is 3. The molecule has 1 aliphatic rings. The maximum absolute atomic E-state index is 12.3. The highest BCUT2D eigenvalue weighted by Crippen LogP contribution is 2.32. The van der Waals surface area contributed by atoms with Gasteiger partial charge in [0.15, 0.2) is 6.79 Å². The SMILES string of the molecule is O=C(OCc1cc(Cl)cc2c1OCOC2)c1ccc(-n2cnnn2)cc1. The van der Waals surface area contributed by atoms with Crippen molar-refractivity contribution in [2.45, 2.75) is 13.2 Å². The van der Waals surface area contributed by atoms with Gasteiger partial charge in [-0.25, -0.2) is 9.48 Å². The zero-order valence-corrected chi connectivity index (χ0v) is 14.2. The first-order chi connectivity index (χ1) is 12.7. The molecule has 0 atom stereocenters. The van der Waals surface area contributed by atoms with Crippen LogP contribution in [-0.4, -0.2) is 33.0 Å². The molecule has 0 amide bonds. The first kappa shape index (κ1) is 16.5. The van der Waals surface area contributed by atoms with Gasteiger partial charge in [0.05, 0.1) is 17.9 Å². The smallest absolute Gasteiger partial charge is 0.338 e. The molecule has 2 heterocycles.